The molecule has 0 aromatic rings. The van der Waals surface area contributed by atoms with E-state index in [1.165, 1.54) is 6.92 Å². The van der Waals surface area contributed by atoms with Gasteiger partial charge in [-0.2, -0.15) is 0 Å². The van der Waals surface area contributed by atoms with Gasteiger partial charge in [-0.25, -0.2) is 0 Å². The summed E-state index contributed by atoms with van der Waals surface area (Å²) in [4.78, 5) is 25.9. The lowest BCUT2D eigenvalue weighted by molar-refractivity contribution is -0.118. The molecule has 1 amide bonds. The van der Waals surface area contributed by atoms with E-state index >= 15 is 0 Å². The summed E-state index contributed by atoms with van der Waals surface area (Å²) in [7, 11) is 0. The first kappa shape index (κ1) is 9.92. The van der Waals surface area contributed by atoms with Crippen LogP contribution in [0.2, 0.25) is 0 Å². The number of amides is 1. The predicted octanol–water partition coefficient (Wildman–Crippen LogP) is 0.617. The van der Waals surface area contributed by atoms with Gasteiger partial charge < -0.3 is 5.32 Å². The number of dihydropyridines is 1. The van der Waals surface area contributed by atoms with E-state index in [9.17, 15) is 9.59 Å². The predicted molar refractivity (Wildman–Crippen MR) is 49.7 cm³/mol. The van der Waals surface area contributed by atoms with Crippen LogP contribution in [0.25, 0.3) is 0 Å². The monoisotopic (exact) mass is 200 g/mol. The maximum absolute atomic E-state index is 11.3. The topological polar surface area (TPSA) is 58.5 Å². The van der Waals surface area contributed by atoms with Gasteiger partial charge in [-0.3, -0.25) is 14.6 Å². The normalized spacial score (nSPS) is 17.2. The first-order valence-corrected chi connectivity index (χ1v) is 4.12. The van der Waals surface area contributed by atoms with E-state index in [1.807, 2.05) is 0 Å². The molecule has 1 aliphatic rings. The average Bonchev–Trinajstić information content (AvgIpc) is 2.06. The molecule has 70 valence electrons. The molecule has 0 bridgehead atoms. The maximum Gasteiger partial charge on any atom is 0.239 e. The molecule has 1 N–H and O–H groups in total. The van der Waals surface area contributed by atoms with Crippen molar-refractivity contribution >= 4 is 29.1 Å². The van der Waals surface area contributed by atoms with Crippen LogP contribution in [0.15, 0.2) is 15.6 Å². The Labute approximate surface area is 80.7 Å². The highest BCUT2D eigenvalue weighted by Crippen LogP contribution is 2.15. The molecule has 1 heterocycles. The Kier molecular flexibility index (Phi) is 2.83. The molecule has 0 atom stereocenters. The Morgan fingerprint density at radius 1 is 1.62 bits per heavy atom. The van der Waals surface area contributed by atoms with Crippen LogP contribution in [0.1, 0.15) is 13.8 Å². The summed E-state index contributed by atoms with van der Waals surface area (Å²) in [6.45, 7) is 3.41. The van der Waals surface area contributed by atoms with Gasteiger partial charge in [-0.1, -0.05) is 11.6 Å². The second-order valence-electron chi connectivity index (χ2n) is 2.77. The fraction of sp³-hybridized carbons (Fsp3) is 0.375. The van der Waals surface area contributed by atoms with Gasteiger partial charge >= 0.3 is 0 Å². The molecule has 0 saturated carbocycles. The van der Waals surface area contributed by atoms with E-state index < -0.39 is 5.78 Å². The van der Waals surface area contributed by atoms with Crippen molar-refractivity contribution in [3.8, 4) is 0 Å². The molecule has 0 aliphatic carbocycles. The minimum atomic E-state index is -0.416. The Morgan fingerprint density at radius 2 is 2.23 bits per heavy atom. The molecule has 13 heavy (non-hydrogen) atoms. The number of aliphatic imine (C=N–C) groups is 1. The van der Waals surface area contributed by atoms with Crippen molar-refractivity contribution < 1.29 is 9.59 Å². The van der Waals surface area contributed by atoms with Crippen molar-refractivity contribution in [2.75, 3.05) is 6.54 Å². The quantitative estimate of drug-likeness (QED) is 0.623. The molecule has 0 aromatic carbocycles. The highest BCUT2D eigenvalue weighted by atomic mass is 35.5. The third-order valence-electron chi connectivity index (χ3n) is 1.56. The molecule has 1 rings (SSSR count). The van der Waals surface area contributed by atoms with Crippen LogP contribution in [0.4, 0.5) is 0 Å². The first-order chi connectivity index (χ1) is 6.02. The number of amidine groups is 1. The Morgan fingerprint density at radius 3 is 2.77 bits per heavy atom. The van der Waals surface area contributed by atoms with Crippen LogP contribution < -0.4 is 5.32 Å². The maximum atomic E-state index is 11.3. The van der Waals surface area contributed by atoms with Crippen molar-refractivity contribution in [2.24, 2.45) is 4.99 Å². The molecule has 0 saturated heterocycles. The highest BCUT2D eigenvalue weighted by molar-refractivity contribution is 6.60. The van der Waals surface area contributed by atoms with Crippen molar-refractivity contribution in [1.29, 1.82) is 0 Å². The van der Waals surface area contributed by atoms with Crippen LogP contribution in [-0.4, -0.2) is 24.1 Å². The number of nitrogens with one attached hydrogen (secondary N) is 1. The first-order valence-electron chi connectivity index (χ1n) is 3.74. The van der Waals surface area contributed by atoms with Gasteiger partial charge in [-0.05, 0) is 12.5 Å². The largest absolute Gasteiger partial charge is 0.308 e. The number of hydrogen-bond donors (Lipinski definition) is 1. The number of Topliss-reactive ketones (excluding diaryl/α,β-unsaturated/α-hetero) is 1. The van der Waals surface area contributed by atoms with E-state index in [0.717, 1.165) is 5.57 Å². The Balaban J connectivity index is 2.83. The number of carbonyl (C=O) groups excluding carboxylic acids is 2. The number of hydrogen-bond acceptors (Lipinski definition) is 3. The highest BCUT2D eigenvalue weighted by Gasteiger charge is 2.21. The van der Waals surface area contributed by atoms with Crippen LogP contribution in [0, 0.1) is 0 Å². The van der Waals surface area contributed by atoms with Crippen LogP contribution in [0.5, 0.6) is 0 Å². The summed E-state index contributed by atoms with van der Waals surface area (Å²) in [5.41, 5.74) is 0.723. The van der Waals surface area contributed by atoms with Crippen molar-refractivity contribution in [3.05, 3.63) is 10.6 Å². The lowest BCUT2D eigenvalue weighted by Crippen LogP contribution is -2.37. The molecule has 0 unspecified atom stereocenters. The third-order valence-corrected chi connectivity index (χ3v) is 2.05. The number of halogens is 1. The van der Waals surface area contributed by atoms with Crippen molar-refractivity contribution in [1.82, 2.24) is 5.32 Å². The molecule has 1 aliphatic heterocycles. The second kappa shape index (κ2) is 3.70. The zero-order valence-corrected chi connectivity index (χ0v) is 8.10. The molecule has 0 fully saturated rings. The SMILES string of the molecule is CC(=O)NC1=NCC(C)=C(Cl)C1=O. The average molecular weight is 201 g/mol. The summed E-state index contributed by atoms with van der Waals surface area (Å²) in [5.74, 6) is -0.708. The van der Waals surface area contributed by atoms with Crippen LogP contribution in [0.3, 0.4) is 0 Å². The standard InChI is InChI=1S/C8H9ClN2O2/c1-4-3-10-8(11-5(2)12)7(13)6(4)9/h3H2,1-2H3,(H,10,11,12). The van der Waals surface area contributed by atoms with Crippen LogP contribution >= 0.6 is 11.6 Å². The molecule has 5 heteroatoms. The number of ketones is 1. The van der Waals surface area contributed by atoms with Gasteiger partial charge in [0.05, 0.1) is 11.6 Å². The van der Waals surface area contributed by atoms with Crippen molar-refractivity contribution in [2.45, 2.75) is 13.8 Å². The number of nitrogens with zero attached hydrogens (tertiary/aromatic N) is 1. The van der Waals surface area contributed by atoms with Gasteiger partial charge in [0.25, 0.3) is 0 Å². The van der Waals surface area contributed by atoms with E-state index in [1.54, 1.807) is 6.92 Å². The minimum absolute atomic E-state index is 0.0306. The molecular formula is C8H9ClN2O2. The van der Waals surface area contributed by atoms with Gasteiger partial charge in [0, 0.05) is 6.92 Å². The van der Waals surface area contributed by atoms with Gasteiger partial charge in [0.1, 0.15) is 0 Å². The summed E-state index contributed by atoms with van der Waals surface area (Å²) < 4.78 is 0. The molecule has 4 nitrogen and oxygen atoms in total. The molecule has 0 spiro atoms. The second-order valence-corrected chi connectivity index (χ2v) is 3.15. The summed E-state index contributed by atoms with van der Waals surface area (Å²) in [6.07, 6.45) is 0. The molecular weight excluding hydrogens is 192 g/mol. The number of carbonyl (C=O) groups is 2. The minimum Gasteiger partial charge on any atom is -0.308 e. The van der Waals surface area contributed by atoms with E-state index in [0.29, 0.717) is 6.54 Å². The Bertz CT molecular complexity index is 331. The smallest absolute Gasteiger partial charge is 0.239 e. The van der Waals surface area contributed by atoms with Crippen LogP contribution in [-0.2, 0) is 9.59 Å². The lowest BCUT2D eigenvalue weighted by atomic mass is 10.1. The van der Waals surface area contributed by atoms with Gasteiger partial charge in [0.2, 0.25) is 11.7 Å². The summed E-state index contributed by atoms with van der Waals surface area (Å²) in [6, 6.07) is 0. The fourth-order valence-electron chi connectivity index (χ4n) is 0.900. The zero-order valence-electron chi connectivity index (χ0n) is 7.35. The molecule has 0 aromatic heterocycles. The third kappa shape index (κ3) is 2.15. The van der Waals surface area contributed by atoms with Gasteiger partial charge in [-0.15, -0.1) is 0 Å². The van der Waals surface area contributed by atoms with Gasteiger partial charge in [0.15, 0.2) is 5.84 Å². The zero-order chi connectivity index (χ0) is 10.0. The Hall–Kier alpha value is -1.16. The molecule has 0 radical (unpaired) electrons. The lowest BCUT2D eigenvalue weighted by Gasteiger charge is -2.12. The number of rotatable bonds is 0. The van der Waals surface area contributed by atoms with E-state index in [-0.39, 0.29) is 16.8 Å². The van der Waals surface area contributed by atoms with E-state index in [4.69, 9.17) is 11.6 Å². The summed E-state index contributed by atoms with van der Waals surface area (Å²) in [5, 5.41) is 2.48. The van der Waals surface area contributed by atoms with E-state index in [2.05, 4.69) is 10.3 Å². The van der Waals surface area contributed by atoms with Crippen molar-refractivity contribution in [3.63, 3.8) is 0 Å². The fourth-order valence-corrected chi connectivity index (χ4v) is 1.05. The summed E-state index contributed by atoms with van der Waals surface area (Å²) >= 11 is 5.69.